The van der Waals surface area contributed by atoms with Crippen molar-refractivity contribution in [2.45, 2.75) is 46.6 Å². The van der Waals surface area contributed by atoms with Gasteiger partial charge in [0.2, 0.25) is 0 Å². The van der Waals surface area contributed by atoms with Crippen LogP contribution in [0.2, 0.25) is 5.02 Å². The highest BCUT2D eigenvalue weighted by Crippen LogP contribution is 2.37. The number of ketones is 1. The number of carbonyl (C=O) groups is 2. The molecule has 0 amide bonds. The van der Waals surface area contributed by atoms with Crippen molar-refractivity contribution in [3.05, 3.63) is 16.4 Å². The van der Waals surface area contributed by atoms with E-state index in [1.165, 1.54) is 6.92 Å². The molecule has 0 bridgehead atoms. The second-order valence-electron chi connectivity index (χ2n) is 5.08. The molecular formula is C14H19ClN2O3. The van der Waals surface area contributed by atoms with Gasteiger partial charge in [-0.05, 0) is 20.3 Å². The second kappa shape index (κ2) is 5.56. The average Bonchev–Trinajstić information content (AvgIpc) is 2.93. The number of rotatable bonds is 5. The smallest absolute Gasteiger partial charge is 0.320 e. The summed E-state index contributed by atoms with van der Waals surface area (Å²) in [6.07, 6.45) is 1.39. The Bertz CT molecular complexity index is 553. The summed E-state index contributed by atoms with van der Waals surface area (Å²) >= 11 is 6.35. The van der Waals surface area contributed by atoms with Gasteiger partial charge in [0.25, 0.3) is 0 Å². The summed E-state index contributed by atoms with van der Waals surface area (Å²) in [6.45, 7) is 6.31. The lowest BCUT2D eigenvalue weighted by Gasteiger charge is -2.21. The minimum Gasteiger partial charge on any atom is -0.465 e. The van der Waals surface area contributed by atoms with Gasteiger partial charge in [0.1, 0.15) is 11.2 Å². The number of Topliss-reactive ketones (excluding diaryl/α,β-unsaturated/α-hetero) is 1. The van der Waals surface area contributed by atoms with Gasteiger partial charge in [-0.25, -0.2) is 0 Å². The lowest BCUT2D eigenvalue weighted by Crippen LogP contribution is -2.37. The Labute approximate surface area is 123 Å². The largest absolute Gasteiger partial charge is 0.465 e. The third-order valence-corrected chi connectivity index (χ3v) is 4.43. The fourth-order valence-electron chi connectivity index (χ4n) is 2.63. The van der Waals surface area contributed by atoms with E-state index in [0.717, 1.165) is 17.8 Å². The number of hydrogen-bond acceptors (Lipinski definition) is 4. The van der Waals surface area contributed by atoms with Crippen LogP contribution in [0.1, 0.15) is 38.6 Å². The molecule has 0 aromatic carbocycles. The monoisotopic (exact) mass is 298 g/mol. The molecule has 5 nitrogen and oxygen atoms in total. The van der Waals surface area contributed by atoms with Crippen molar-refractivity contribution in [1.29, 1.82) is 0 Å². The number of carbonyl (C=O) groups excluding carboxylic acids is 2. The van der Waals surface area contributed by atoms with Crippen LogP contribution in [-0.2, 0) is 33.7 Å². The predicted molar refractivity (Wildman–Crippen MR) is 74.7 cm³/mol. The zero-order valence-electron chi connectivity index (χ0n) is 12.0. The van der Waals surface area contributed by atoms with Crippen molar-refractivity contribution in [1.82, 2.24) is 9.78 Å². The van der Waals surface area contributed by atoms with E-state index < -0.39 is 11.4 Å². The summed E-state index contributed by atoms with van der Waals surface area (Å²) in [7, 11) is 0. The maximum Gasteiger partial charge on any atom is 0.320 e. The molecular weight excluding hydrogens is 280 g/mol. The van der Waals surface area contributed by atoms with Crippen molar-refractivity contribution < 1.29 is 14.3 Å². The number of halogens is 1. The topological polar surface area (TPSA) is 61.2 Å². The molecule has 6 heteroatoms. The highest BCUT2D eigenvalue weighted by atomic mass is 35.5. The fraction of sp³-hybridized carbons (Fsp3) is 0.643. The van der Waals surface area contributed by atoms with Crippen LogP contribution in [0.25, 0.3) is 0 Å². The van der Waals surface area contributed by atoms with Crippen LogP contribution in [0, 0.1) is 5.41 Å². The molecule has 2 heterocycles. The molecule has 1 aliphatic heterocycles. The third-order valence-electron chi connectivity index (χ3n) is 3.99. The number of aryl methyl sites for hydroxylation is 2. The van der Waals surface area contributed by atoms with Gasteiger partial charge < -0.3 is 4.74 Å². The van der Waals surface area contributed by atoms with Crippen LogP contribution < -0.4 is 0 Å². The first-order valence-electron chi connectivity index (χ1n) is 6.88. The van der Waals surface area contributed by atoms with Crippen molar-refractivity contribution in [2.24, 2.45) is 5.41 Å². The molecule has 0 spiro atoms. The molecule has 1 fully saturated rings. The standard InChI is InChI=1S/C14H19ClN2O3/c1-4-10-12(15)11(17(5-2)16-10)8-14(9(3)18)6-7-20-13(14)19/h4-8H2,1-3H3. The zero-order chi connectivity index (χ0) is 14.9. The van der Waals surface area contributed by atoms with Gasteiger partial charge in [0, 0.05) is 19.4 Å². The van der Waals surface area contributed by atoms with Crippen molar-refractivity contribution in [2.75, 3.05) is 6.61 Å². The number of esters is 1. The van der Waals surface area contributed by atoms with E-state index in [-0.39, 0.29) is 18.8 Å². The summed E-state index contributed by atoms with van der Waals surface area (Å²) in [5, 5.41) is 4.99. The minimum atomic E-state index is -1.10. The summed E-state index contributed by atoms with van der Waals surface area (Å²) < 4.78 is 6.79. The van der Waals surface area contributed by atoms with Crippen molar-refractivity contribution in [3.63, 3.8) is 0 Å². The first-order chi connectivity index (χ1) is 9.46. The molecule has 1 unspecified atom stereocenters. The fourth-order valence-corrected chi connectivity index (χ4v) is 2.97. The van der Waals surface area contributed by atoms with E-state index in [2.05, 4.69) is 5.10 Å². The normalized spacial score (nSPS) is 22.1. The number of cyclic esters (lactones) is 1. The Morgan fingerprint density at radius 1 is 1.50 bits per heavy atom. The average molecular weight is 299 g/mol. The molecule has 1 aromatic rings. The van der Waals surface area contributed by atoms with Gasteiger partial charge in [0.05, 0.1) is 23.0 Å². The molecule has 1 aromatic heterocycles. The Morgan fingerprint density at radius 3 is 2.65 bits per heavy atom. The molecule has 2 rings (SSSR count). The van der Waals surface area contributed by atoms with Crippen molar-refractivity contribution in [3.8, 4) is 0 Å². The number of nitrogens with zero attached hydrogens (tertiary/aromatic N) is 2. The lowest BCUT2D eigenvalue weighted by molar-refractivity contribution is -0.150. The molecule has 0 saturated carbocycles. The minimum absolute atomic E-state index is 0.169. The first-order valence-corrected chi connectivity index (χ1v) is 7.26. The third kappa shape index (κ3) is 2.24. The second-order valence-corrected chi connectivity index (χ2v) is 5.46. The molecule has 20 heavy (non-hydrogen) atoms. The van der Waals surface area contributed by atoms with E-state index in [0.29, 0.717) is 18.0 Å². The summed E-state index contributed by atoms with van der Waals surface area (Å²) in [6, 6.07) is 0. The van der Waals surface area contributed by atoms with Gasteiger partial charge in [-0.2, -0.15) is 5.10 Å². The lowest BCUT2D eigenvalue weighted by atomic mass is 9.78. The van der Waals surface area contributed by atoms with Crippen LogP contribution in [0.4, 0.5) is 0 Å². The van der Waals surface area contributed by atoms with E-state index in [1.807, 2.05) is 13.8 Å². The molecule has 1 aliphatic rings. The van der Waals surface area contributed by atoms with E-state index in [4.69, 9.17) is 16.3 Å². The van der Waals surface area contributed by atoms with Gasteiger partial charge in [-0.15, -0.1) is 0 Å². The molecule has 0 radical (unpaired) electrons. The van der Waals surface area contributed by atoms with Crippen LogP contribution >= 0.6 is 11.6 Å². The number of ether oxygens (including phenoxy) is 1. The van der Waals surface area contributed by atoms with Crippen LogP contribution in [0.5, 0.6) is 0 Å². The van der Waals surface area contributed by atoms with Crippen LogP contribution in [-0.4, -0.2) is 28.1 Å². The van der Waals surface area contributed by atoms with Gasteiger partial charge in [0.15, 0.2) is 0 Å². The van der Waals surface area contributed by atoms with E-state index in [9.17, 15) is 9.59 Å². The molecule has 1 saturated heterocycles. The number of aromatic nitrogens is 2. The van der Waals surface area contributed by atoms with Gasteiger partial charge >= 0.3 is 5.97 Å². The first kappa shape index (κ1) is 15.0. The maximum atomic E-state index is 12.0. The van der Waals surface area contributed by atoms with Crippen molar-refractivity contribution >= 4 is 23.4 Å². The van der Waals surface area contributed by atoms with E-state index >= 15 is 0 Å². The Balaban J connectivity index is 2.44. The van der Waals surface area contributed by atoms with Gasteiger partial charge in [-0.3, -0.25) is 14.3 Å². The Hall–Kier alpha value is -1.36. The summed E-state index contributed by atoms with van der Waals surface area (Å²) in [5.74, 6) is -0.610. The quantitative estimate of drug-likeness (QED) is 0.617. The summed E-state index contributed by atoms with van der Waals surface area (Å²) in [4.78, 5) is 24.0. The Kier molecular flexibility index (Phi) is 4.18. The zero-order valence-corrected chi connectivity index (χ0v) is 12.8. The van der Waals surface area contributed by atoms with E-state index in [1.54, 1.807) is 4.68 Å². The van der Waals surface area contributed by atoms with Crippen LogP contribution in [0.15, 0.2) is 0 Å². The molecule has 1 atom stereocenters. The van der Waals surface area contributed by atoms with Crippen LogP contribution in [0.3, 0.4) is 0 Å². The highest BCUT2D eigenvalue weighted by Gasteiger charge is 2.49. The summed E-state index contributed by atoms with van der Waals surface area (Å²) in [5.41, 5.74) is 0.454. The highest BCUT2D eigenvalue weighted by molar-refractivity contribution is 6.32. The molecule has 0 N–H and O–H groups in total. The Morgan fingerprint density at radius 2 is 2.20 bits per heavy atom. The SMILES string of the molecule is CCc1nn(CC)c(CC2(C(C)=O)CCOC2=O)c1Cl. The number of hydrogen-bond donors (Lipinski definition) is 0. The molecule has 0 aliphatic carbocycles. The molecule has 110 valence electrons. The van der Waals surface area contributed by atoms with Gasteiger partial charge in [-0.1, -0.05) is 18.5 Å². The predicted octanol–water partition coefficient (Wildman–Crippen LogP) is 2.18. The maximum absolute atomic E-state index is 12.0.